The third-order valence-electron chi connectivity index (χ3n) is 4.08. The highest BCUT2D eigenvalue weighted by Gasteiger charge is 2.07. The van der Waals surface area contributed by atoms with Crippen LogP contribution in [0.25, 0.3) is 21.8 Å². The molecule has 4 rings (SSSR count). The number of carbonyl (C=O) groups is 1. The number of hydrogen-bond donors (Lipinski definition) is 1. The lowest BCUT2D eigenvalue weighted by Gasteiger charge is -2.07. The van der Waals surface area contributed by atoms with Gasteiger partial charge in [0, 0.05) is 33.8 Å². The lowest BCUT2D eigenvalue weighted by molar-refractivity contribution is -0.115. The monoisotopic (exact) mass is 391 g/mol. The molecule has 0 aliphatic carbocycles. The van der Waals surface area contributed by atoms with Crippen molar-refractivity contribution in [2.45, 2.75) is 13.3 Å². The van der Waals surface area contributed by atoms with E-state index in [9.17, 15) is 4.79 Å². The number of benzene rings is 2. The van der Waals surface area contributed by atoms with Crippen LogP contribution in [0.3, 0.4) is 0 Å². The third-order valence-corrected chi connectivity index (χ3v) is 5.68. The van der Waals surface area contributed by atoms with Crippen molar-refractivity contribution in [1.82, 2.24) is 9.97 Å². The molecule has 0 unspecified atom stereocenters. The van der Waals surface area contributed by atoms with Crippen molar-refractivity contribution in [3.8, 4) is 21.8 Å². The summed E-state index contributed by atoms with van der Waals surface area (Å²) in [5.41, 5.74) is 4.86. The molecule has 0 atom stereocenters. The van der Waals surface area contributed by atoms with E-state index < -0.39 is 0 Å². The van der Waals surface area contributed by atoms with Crippen LogP contribution in [0.5, 0.6) is 0 Å². The Bertz CT molecular complexity index is 1040. The van der Waals surface area contributed by atoms with E-state index in [2.05, 4.69) is 15.3 Å². The molecule has 2 aromatic carbocycles. The zero-order chi connectivity index (χ0) is 18.6. The number of nitrogens with one attached hydrogen (secondary N) is 1. The van der Waals surface area contributed by atoms with E-state index in [1.165, 1.54) is 0 Å². The normalized spacial score (nSPS) is 10.7. The lowest BCUT2D eigenvalue weighted by Crippen LogP contribution is -2.14. The van der Waals surface area contributed by atoms with Crippen molar-refractivity contribution >= 4 is 34.3 Å². The quantitative estimate of drug-likeness (QED) is 0.494. The zero-order valence-corrected chi connectivity index (χ0v) is 16.3. The summed E-state index contributed by atoms with van der Waals surface area (Å²) < 4.78 is 0. The van der Waals surface area contributed by atoms with Crippen LogP contribution in [0, 0.1) is 6.92 Å². The fraction of sp³-hybridized carbons (Fsp3) is 0.0952. The van der Waals surface area contributed by atoms with E-state index in [1.54, 1.807) is 28.9 Å². The van der Waals surface area contributed by atoms with Crippen molar-refractivity contribution in [2.24, 2.45) is 0 Å². The topological polar surface area (TPSA) is 54.9 Å². The van der Waals surface area contributed by atoms with Gasteiger partial charge in [0.25, 0.3) is 0 Å². The average molecular weight is 392 g/mol. The van der Waals surface area contributed by atoms with Gasteiger partial charge in [-0.05, 0) is 36.8 Å². The molecule has 0 aliphatic heterocycles. The van der Waals surface area contributed by atoms with Gasteiger partial charge in [-0.2, -0.15) is 0 Å². The molecule has 2 heterocycles. The highest BCUT2D eigenvalue weighted by molar-refractivity contribution is 7.13. The molecular weight excluding hydrogens is 374 g/mol. The van der Waals surface area contributed by atoms with Crippen LogP contribution in [-0.2, 0) is 11.2 Å². The molecule has 0 radical (unpaired) electrons. The van der Waals surface area contributed by atoms with Crippen molar-refractivity contribution in [1.29, 1.82) is 0 Å². The summed E-state index contributed by atoms with van der Waals surface area (Å²) in [5, 5.41) is 8.97. The van der Waals surface area contributed by atoms with E-state index in [0.29, 0.717) is 6.42 Å². The molecule has 0 saturated heterocycles. The number of hydrogen-bond acceptors (Lipinski definition) is 5. The average Bonchev–Trinajstić information content (AvgIpc) is 3.35. The van der Waals surface area contributed by atoms with Gasteiger partial charge >= 0.3 is 0 Å². The van der Waals surface area contributed by atoms with E-state index in [1.807, 2.05) is 66.2 Å². The van der Waals surface area contributed by atoms with Crippen LogP contribution in [0.2, 0.25) is 0 Å². The predicted octanol–water partition coefficient (Wildman–Crippen LogP) is 5.42. The Kier molecular flexibility index (Phi) is 5.09. The molecule has 0 bridgehead atoms. The summed E-state index contributed by atoms with van der Waals surface area (Å²) in [6, 6.07) is 15.7. The Hall–Kier alpha value is -2.83. The van der Waals surface area contributed by atoms with Gasteiger partial charge in [-0.25, -0.2) is 9.97 Å². The summed E-state index contributed by atoms with van der Waals surface area (Å²) in [6.45, 7) is 2.00. The van der Waals surface area contributed by atoms with E-state index in [0.717, 1.165) is 38.1 Å². The van der Waals surface area contributed by atoms with Crippen LogP contribution in [0.15, 0.2) is 65.5 Å². The number of amides is 1. The summed E-state index contributed by atoms with van der Waals surface area (Å²) in [7, 11) is 0. The van der Waals surface area contributed by atoms with Crippen LogP contribution in [-0.4, -0.2) is 15.9 Å². The molecule has 6 heteroatoms. The maximum atomic E-state index is 12.3. The molecule has 0 spiro atoms. The zero-order valence-electron chi connectivity index (χ0n) is 14.7. The van der Waals surface area contributed by atoms with E-state index >= 15 is 0 Å². The highest BCUT2D eigenvalue weighted by Crippen LogP contribution is 2.24. The van der Waals surface area contributed by atoms with Crippen molar-refractivity contribution in [3.05, 3.63) is 76.1 Å². The number of thiazole rings is 2. The molecule has 27 heavy (non-hydrogen) atoms. The molecule has 134 valence electrons. The first-order valence-electron chi connectivity index (χ1n) is 8.48. The van der Waals surface area contributed by atoms with Crippen molar-refractivity contribution in [3.63, 3.8) is 0 Å². The van der Waals surface area contributed by atoms with Crippen molar-refractivity contribution in [2.75, 3.05) is 5.32 Å². The summed E-state index contributed by atoms with van der Waals surface area (Å²) in [5.74, 6) is -0.0331. The first-order valence-corrected chi connectivity index (χ1v) is 10.2. The predicted molar refractivity (Wildman–Crippen MR) is 112 cm³/mol. The molecule has 2 aromatic heterocycles. The number of anilines is 1. The molecular formula is C21H17N3OS2. The Labute approximate surface area is 165 Å². The summed E-state index contributed by atoms with van der Waals surface area (Å²) in [4.78, 5) is 21.1. The fourth-order valence-corrected chi connectivity index (χ4v) is 4.01. The highest BCUT2D eigenvalue weighted by atomic mass is 32.1. The van der Waals surface area contributed by atoms with E-state index in [-0.39, 0.29) is 5.91 Å². The van der Waals surface area contributed by atoms with Crippen LogP contribution in [0.1, 0.15) is 10.6 Å². The maximum Gasteiger partial charge on any atom is 0.228 e. The van der Waals surface area contributed by atoms with Gasteiger partial charge in [-0.1, -0.05) is 24.3 Å². The minimum Gasteiger partial charge on any atom is -0.326 e. The van der Waals surface area contributed by atoms with E-state index in [4.69, 9.17) is 0 Å². The van der Waals surface area contributed by atoms with Crippen molar-refractivity contribution < 1.29 is 4.79 Å². The molecule has 4 aromatic rings. The smallest absolute Gasteiger partial charge is 0.228 e. The standard InChI is InChI=1S/C21H17N3OS2/c1-14-23-19(13-27-14)16-4-2-15(3-5-16)12-20(25)24-18-8-6-17(7-9-18)21-22-10-11-26-21/h2-11,13H,12H2,1H3,(H,24,25). The van der Waals surface area contributed by atoms with Gasteiger partial charge in [0.15, 0.2) is 0 Å². The Morgan fingerprint density at radius 2 is 1.74 bits per heavy atom. The van der Waals surface area contributed by atoms with Gasteiger partial charge in [-0.15, -0.1) is 22.7 Å². The van der Waals surface area contributed by atoms with Gasteiger partial charge in [0.2, 0.25) is 5.91 Å². The molecule has 0 fully saturated rings. The molecule has 1 amide bonds. The Balaban J connectivity index is 1.37. The summed E-state index contributed by atoms with van der Waals surface area (Å²) >= 11 is 3.23. The largest absolute Gasteiger partial charge is 0.326 e. The molecule has 1 N–H and O–H groups in total. The van der Waals surface area contributed by atoms with Crippen LogP contribution >= 0.6 is 22.7 Å². The molecule has 0 saturated carbocycles. The molecule has 0 aliphatic rings. The minimum absolute atomic E-state index is 0.0331. The number of rotatable bonds is 5. The number of carbonyl (C=O) groups excluding carboxylic acids is 1. The number of aromatic nitrogens is 2. The minimum atomic E-state index is -0.0331. The fourth-order valence-electron chi connectivity index (χ4n) is 2.74. The van der Waals surface area contributed by atoms with Gasteiger partial charge in [-0.3, -0.25) is 4.79 Å². The Morgan fingerprint density at radius 1 is 1.00 bits per heavy atom. The SMILES string of the molecule is Cc1nc(-c2ccc(CC(=O)Nc3ccc(-c4nccs4)cc3)cc2)cs1. The second-order valence-corrected chi connectivity index (χ2v) is 8.05. The maximum absolute atomic E-state index is 12.3. The first-order chi connectivity index (χ1) is 13.2. The second-order valence-electron chi connectivity index (χ2n) is 6.09. The third kappa shape index (κ3) is 4.30. The lowest BCUT2D eigenvalue weighted by atomic mass is 10.1. The van der Waals surface area contributed by atoms with Crippen LogP contribution in [0.4, 0.5) is 5.69 Å². The Morgan fingerprint density at radius 3 is 2.37 bits per heavy atom. The molecule has 4 nitrogen and oxygen atoms in total. The van der Waals surface area contributed by atoms with Gasteiger partial charge in [0.1, 0.15) is 5.01 Å². The summed E-state index contributed by atoms with van der Waals surface area (Å²) in [6.07, 6.45) is 2.13. The number of nitrogens with zero attached hydrogens (tertiary/aromatic N) is 2. The second kappa shape index (κ2) is 7.82. The van der Waals surface area contributed by atoms with Crippen LogP contribution < -0.4 is 5.32 Å². The van der Waals surface area contributed by atoms with Gasteiger partial charge < -0.3 is 5.32 Å². The van der Waals surface area contributed by atoms with Gasteiger partial charge in [0.05, 0.1) is 17.1 Å². The number of aryl methyl sites for hydroxylation is 1. The first kappa shape index (κ1) is 17.6.